The predicted molar refractivity (Wildman–Crippen MR) is 75.2 cm³/mol. The molecule has 0 aliphatic carbocycles. The fraction of sp³-hybridized carbons (Fsp3) is 0.600. The summed E-state index contributed by atoms with van der Waals surface area (Å²) in [6, 6.07) is 9.25. The highest BCUT2D eigenvalue weighted by molar-refractivity contribution is 5.21. The van der Waals surface area contributed by atoms with Crippen LogP contribution in [0.4, 0.5) is 0 Å². The number of nitrogens with two attached hydrogens (primary N) is 1. The highest BCUT2D eigenvalue weighted by atomic mass is 14.9. The first-order valence-corrected chi connectivity index (χ1v) is 6.62. The van der Waals surface area contributed by atoms with E-state index in [-0.39, 0.29) is 0 Å². The number of nitrogens with one attached hydrogen (secondary N) is 1. The number of hydrogen-bond donors (Lipinski definition) is 2. The first kappa shape index (κ1) is 14.2. The van der Waals surface area contributed by atoms with Gasteiger partial charge in [-0.05, 0) is 37.8 Å². The Morgan fingerprint density at radius 3 is 2.35 bits per heavy atom. The second-order valence-corrected chi connectivity index (χ2v) is 5.13. The average molecular weight is 234 g/mol. The highest BCUT2D eigenvalue weighted by Crippen LogP contribution is 2.06. The van der Waals surface area contributed by atoms with E-state index in [0.29, 0.717) is 12.0 Å². The van der Waals surface area contributed by atoms with Gasteiger partial charge in [-0.3, -0.25) is 0 Å². The third-order valence-electron chi connectivity index (χ3n) is 3.23. The molecule has 1 aromatic carbocycles. The Labute approximate surface area is 106 Å². The van der Waals surface area contributed by atoms with E-state index < -0.39 is 0 Å². The van der Waals surface area contributed by atoms with E-state index in [1.54, 1.807) is 0 Å². The molecule has 0 heterocycles. The van der Waals surface area contributed by atoms with Crippen molar-refractivity contribution in [2.75, 3.05) is 13.1 Å². The zero-order chi connectivity index (χ0) is 12.7. The van der Waals surface area contributed by atoms with E-state index in [1.807, 2.05) is 0 Å². The summed E-state index contributed by atoms with van der Waals surface area (Å²) >= 11 is 0. The lowest BCUT2D eigenvalue weighted by Gasteiger charge is -2.20. The van der Waals surface area contributed by atoms with Crippen molar-refractivity contribution in [3.05, 3.63) is 35.4 Å². The van der Waals surface area contributed by atoms with Crippen LogP contribution in [0.5, 0.6) is 0 Å². The van der Waals surface area contributed by atoms with E-state index in [0.717, 1.165) is 19.5 Å². The van der Waals surface area contributed by atoms with E-state index in [1.165, 1.54) is 17.5 Å². The van der Waals surface area contributed by atoms with Crippen LogP contribution in [-0.2, 0) is 6.42 Å². The third kappa shape index (κ3) is 5.33. The minimum atomic E-state index is 0.452. The Morgan fingerprint density at radius 2 is 1.82 bits per heavy atom. The van der Waals surface area contributed by atoms with Gasteiger partial charge in [-0.15, -0.1) is 0 Å². The molecule has 1 rings (SSSR count). The van der Waals surface area contributed by atoms with Gasteiger partial charge in [-0.2, -0.15) is 0 Å². The van der Waals surface area contributed by atoms with Gasteiger partial charge in [0, 0.05) is 12.6 Å². The van der Waals surface area contributed by atoms with Crippen LogP contribution in [0.25, 0.3) is 0 Å². The van der Waals surface area contributed by atoms with Crippen molar-refractivity contribution < 1.29 is 0 Å². The molecule has 0 bridgehead atoms. The van der Waals surface area contributed by atoms with Gasteiger partial charge in [0.25, 0.3) is 0 Å². The van der Waals surface area contributed by atoms with Crippen LogP contribution < -0.4 is 11.1 Å². The molecule has 0 aliphatic heterocycles. The monoisotopic (exact) mass is 234 g/mol. The number of rotatable bonds is 7. The average Bonchev–Trinajstić information content (AvgIpc) is 2.31. The second-order valence-electron chi connectivity index (χ2n) is 5.13. The summed E-state index contributed by atoms with van der Waals surface area (Å²) in [5.41, 5.74) is 8.47. The van der Waals surface area contributed by atoms with Gasteiger partial charge in [0.1, 0.15) is 0 Å². The summed E-state index contributed by atoms with van der Waals surface area (Å²) in [5.74, 6) is 0.611. The fourth-order valence-corrected chi connectivity index (χ4v) is 1.93. The van der Waals surface area contributed by atoms with Crippen LogP contribution in [0.1, 0.15) is 31.4 Å². The summed E-state index contributed by atoms with van der Waals surface area (Å²) < 4.78 is 0. The van der Waals surface area contributed by atoms with Crippen LogP contribution in [0.2, 0.25) is 0 Å². The topological polar surface area (TPSA) is 38.0 Å². The van der Waals surface area contributed by atoms with Gasteiger partial charge in [0.05, 0.1) is 0 Å². The van der Waals surface area contributed by atoms with Gasteiger partial charge >= 0.3 is 0 Å². The van der Waals surface area contributed by atoms with Crippen LogP contribution in [0.3, 0.4) is 0 Å². The number of aryl methyl sites for hydroxylation is 2. The molecule has 0 fully saturated rings. The maximum Gasteiger partial charge on any atom is 0.0213 e. The molecular formula is C15H26N2. The van der Waals surface area contributed by atoms with E-state index in [9.17, 15) is 0 Å². The lowest BCUT2D eigenvalue weighted by Crippen LogP contribution is -2.40. The molecule has 0 spiro atoms. The predicted octanol–water partition coefficient (Wildman–Crippen LogP) is 2.50. The van der Waals surface area contributed by atoms with Crippen molar-refractivity contribution in [2.24, 2.45) is 11.7 Å². The lowest BCUT2D eigenvalue weighted by molar-refractivity contribution is 0.404. The van der Waals surface area contributed by atoms with Crippen molar-refractivity contribution in [1.29, 1.82) is 0 Å². The Bertz CT molecular complexity index is 303. The molecule has 17 heavy (non-hydrogen) atoms. The summed E-state index contributed by atoms with van der Waals surface area (Å²) in [6.45, 7) is 8.32. The van der Waals surface area contributed by atoms with Crippen LogP contribution in [0, 0.1) is 12.8 Å². The van der Waals surface area contributed by atoms with Gasteiger partial charge in [0.2, 0.25) is 0 Å². The largest absolute Gasteiger partial charge is 0.329 e. The fourth-order valence-electron chi connectivity index (χ4n) is 1.93. The molecule has 2 heteroatoms. The van der Waals surface area contributed by atoms with Gasteiger partial charge in [0.15, 0.2) is 0 Å². The first-order valence-electron chi connectivity index (χ1n) is 6.62. The van der Waals surface area contributed by atoms with Crippen LogP contribution in [0.15, 0.2) is 24.3 Å². The van der Waals surface area contributed by atoms with Crippen LogP contribution >= 0.6 is 0 Å². The summed E-state index contributed by atoms with van der Waals surface area (Å²) in [4.78, 5) is 0. The van der Waals surface area contributed by atoms with Crippen molar-refractivity contribution >= 4 is 0 Å². The van der Waals surface area contributed by atoms with Crippen LogP contribution in [-0.4, -0.2) is 19.1 Å². The molecule has 96 valence electrons. The maximum atomic E-state index is 5.72. The molecule has 3 N–H and O–H groups in total. The quantitative estimate of drug-likeness (QED) is 0.711. The minimum Gasteiger partial charge on any atom is -0.329 e. The summed E-state index contributed by atoms with van der Waals surface area (Å²) in [6.07, 6.45) is 2.31. The Hall–Kier alpha value is -0.860. The first-order chi connectivity index (χ1) is 8.13. The molecule has 0 radical (unpaired) electrons. The maximum absolute atomic E-state index is 5.72. The van der Waals surface area contributed by atoms with E-state index in [4.69, 9.17) is 5.73 Å². The van der Waals surface area contributed by atoms with Crippen molar-refractivity contribution in [1.82, 2.24) is 5.32 Å². The zero-order valence-electron chi connectivity index (χ0n) is 11.4. The Morgan fingerprint density at radius 1 is 1.18 bits per heavy atom. The molecule has 0 saturated carbocycles. The standard InChI is InChI=1S/C15H26N2/c1-12(2)15(11-16)17-10-4-5-14-8-6-13(3)7-9-14/h6-9,12,15,17H,4-5,10-11,16H2,1-3H3. The van der Waals surface area contributed by atoms with E-state index >= 15 is 0 Å². The molecule has 1 atom stereocenters. The minimum absolute atomic E-state index is 0.452. The number of benzene rings is 1. The van der Waals surface area contributed by atoms with Gasteiger partial charge < -0.3 is 11.1 Å². The molecule has 0 saturated heterocycles. The summed E-state index contributed by atoms with van der Waals surface area (Å²) in [7, 11) is 0. The molecule has 0 amide bonds. The van der Waals surface area contributed by atoms with Crippen molar-refractivity contribution in [2.45, 2.75) is 39.7 Å². The molecule has 0 aromatic heterocycles. The highest BCUT2D eigenvalue weighted by Gasteiger charge is 2.09. The normalized spacial score (nSPS) is 13.0. The SMILES string of the molecule is Cc1ccc(CCCNC(CN)C(C)C)cc1. The van der Waals surface area contributed by atoms with Gasteiger partial charge in [-0.1, -0.05) is 43.7 Å². The third-order valence-corrected chi connectivity index (χ3v) is 3.23. The Kier molecular flexibility index (Phi) is 6.23. The summed E-state index contributed by atoms with van der Waals surface area (Å²) in [5, 5.41) is 3.53. The molecule has 0 aliphatic rings. The smallest absolute Gasteiger partial charge is 0.0213 e. The van der Waals surface area contributed by atoms with Crippen molar-refractivity contribution in [3.63, 3.8) is 0 Å². The number of hydrogen-bond acceptors (Lipinski definition) is 2. The zero-order valence-corrected chi connectivity index (χ0v) is 11.4. The molecule has 2 nitrogen and oxygen atoms in total. The lowest BCUT2D eigenvalue weighted by atomic mass is 10.0. The van der Waals surface area contributed by atoms with E-state index in [2.05, 4.69) is 50.4 Å². The van der Waals surface area contributed by atoms with Crippen molar-refractivity contribution in [3.8, 4) is 0 Å². The molecular weight excluding hydrogens is 208 g/mol. The molecule has 1 unspecified atom stereocenters. The van der Waals surface area contributed by atoms with Gasteiger partial charge in [-0.25, -0.2) is 0 Å². The Balaban J connectivity index is 2.22. The molecule has 1 aromatic rings. The second kappa shape index (κ2) is 7.46.